The molecule has 3 atom stereocenters. The minimum atomic E-state index is -1.35. The normalized spacial score (nSPS) is 14.3. The summed E-state index contributed by atoms with van der Waals surface area (Å²) in [5.41, 5.74) is 8.02. The number of carbonyl (C=O) groups is 7. The number of carboxylic acids is 1. The lowest BCUT2D eigenvalue weighted by atomic mass is 9.94. The van der Waals surface area contributed by atoms with Crippen LogP contribution in [-0.4, -0.2) is 122 Å². The number of pyridine rings is 1. The predicted octanol–water partition coefficient (Wildman–Crippen LogP) is 2.32. The molecule has 0 saturated carbocycles. The second-order valence-corrected chi connectivity index (χ2v) is 17.2. The van der Waals surface area contributed by atoms with Gasteiger partial charge in [-0.05, 0) is 97.3 Å². The number of carboxylic acid groups (broad SMARTS) is 1. The van der Waals surface area contributed by atoms with Crippen molar-refractivity contribution in [3.8, 4) is 11.5 Å². The van der Waals surface area contributed by atoms with Crippen LogP contribution < -0.4 is 52.7 Å². The van der Waals surface area contributed by atoms with Gasteiger partial charge in [0, 0.05) is 74.3 Å². The molecule has 1 aliphatic heterocycles. The molecule has 0 bridgehead atoms. The van der Waals surface area contributed by atoms with E-state index in [0.717, 1.165) is 5.56 Å². The molecule has 24 heteroatoms. The van der Waals surface area contributed by atoms with Gasteiger partial charge in [0.05, 0.1) is 43.5 Å². The molecule has 6 aromatic rings. The van der Waals surface area contributed by atoms with Gasteiger partial charge in [-0.15, -0.1) is 0 Å². The van der Waals surface area contributed by atoms with Crippen LogP contribution in [0, 0.1) is 5.92 Å². The van der Waals surface area contributed by atoms with E-state index < -0.39 is 41.2 Å². The highest BCUT2D eigenvalue weighted by Gasteiger charge is 2.42. The molecule has 0 spiro atoms. The number of ether oxygens (including phenoxy) is 2. The zero-order chi connectivity index (χ0) is 53.3. The Labute approximate surface area is 428 Å². The van der Waals surface area contributed by atoms with Crippen LogP contribution in [0.2, 0.25) is 0 Å². The third kappa shape index (κ3) is 15.3. The molecule has 390 valence electrons. The Balaban J connectivity index is 0.720. The molecule has 6 amide bonds. The molecule has 75 heavy (non-hydrogen) atoms. The van der Waals surface area contributed by atoms with Crippen molar-refractivity contribution in [1.82, 2.24) is 51.1 Å². The van der Waals surface area contributed by atoms with E-state index in [9.17, 15) is 43.5 Å². The number of H-pyrrole nitrogens is 1. The van der Waals surface area contributed by atoms with Crippen LogP contribution in [0.4, 0.5) is 17.3 Å². The topological polar surface area (TPSA) is 344 Å². The van der Waals surface area contributed by atoms with Gasteiger partial charge in [0.2, 0.25) is 29.6 Å². The molecule has 7 rings (SSSR count). The Bertz CT molecular complexity index is 3050. The number of hydrogen-bond acceptors (Lipinski definition) is 16. The number of nitrogen functional groups attached to an aromatic ring is 1. The van der Waals surface area contributed by atoms with E-state index in [-0.39, 0.29) is 112 Å². The van der Waals surface area contributed by atoms with Crippen LogP contribution in [0.3, 0.4) is 0 Å². The van der Waals surface area contributed by atoms with Crippen LogP contribution in [-0.2, 0) is 30.5 Å². The van der Waals surface area contributed by atoms with E-state index >= 15 is 0 Å². The standard InChI is InChI=1S/C51H55N13O11/c1-64-42(67)26-38(44(64)32-4-2-20-53-27-32)48(70)56-23-25-75-37-16-14-36(15-17-37)74-24-3-5-41(66)59-34-12-8-30(9-13-34)46(68)55-22-21-54-40(65)19-18-39(50(72)73)61-47(69)31-6-10-33(11-7-31)57-28-35-29-58-45-43(60-35)49(71)63-51(52)62-45/h2,4,6-17,20,27,29,38-39,44,57H,3,5,18-19,21-26,28H2,1H3,(H,54,65)(H,55,68)(H,56,70)(H,59,66)(H,61,69)(H,72,73)(H3,52,58,62,63,71)/t38-,39-,44+/m0/s1. The summed E-state index contributed by atoms with van der Waals surface area (Å²) in [4.78, 5) is 121. The van der Waals surface area contributed by atoms with Crippen LogP contribution in [0.25, 0.3) is 11.2 Å². The van der Waals surface area contributed by atoms with Gasteiger partial charge in [-0.1, -0.05) is 6.07 Å². The summed E-state index contributed by atoms with van der Waals surface area (Å²) >= 11 is 0. The molecule has 24 nitrogen and oxygen atoms in total. The second kappa shape index (κ2) is 25.8. The maximum Gasteiger partial charge on any atom is 0.326 e. The van der Waals surface area contributed by atoms with Gasteiger partial charge >= 0.3 is 5.97 Å². The molecule has 4 heterocycles. The van der Waals surface area contributed by atoms with Crippen molar-refractivity contribution in [3.05, 3.63) is 136 Å². The van der Waals surface area contributed by atoms with Crippen molar-refractivity contribution >= 4 is 69.9 Å². The van der Waals surface area contributed by atoms with E-state index in [1.807, 2.05) is 6.07 Å². The number of hydrogen-bond donors (Lipinski definition) is 9. The fraction of sp³-hybridized carbons (Fsp3) is 0.294. The number of amides is 6. The maximum absolute atomic E-state index is 13.0. The van der Waals surface area contributed by atoms with Gasteiger partial charge in [0.15, 0.2) is 11.2 Å². The molecular formula is C51H55N13O11. The smallest absolute Gasteiger partial charge is 0.326 e. The zero-order valence-corrected chi connectivity index (χ0v) is 40.7. The van der Waals surface area contributed by atoms with Gasteiger partial charge in [0.1, 0.15) is 24.1 Å². The number of nitrogens with two attached hydrogens (primary N) is 1. The molecule has 1 aliphatic rings. The summed E-state index contributed by atoms with van der Waals surface area (Å²) in [7, 11) is 1.69. The van der Waals surface area contributed by atoms with Gasteiger partial charge in [-0.2, -0.15) is 4.98 Å². The number of aliphatic carboxylic acids is 1. The predicted molar refractivity (Wildman–Crippen MR) is 272 cm³/mol. The zero-order valence-electron chi connectivity index (χ0n) is 40.7. The summed E-state index contributed by atoms with van der Waals surface area (Å²) in [5, 5.41) is 26.2. The number of anilines is 3. The van der Waals surface area contributed by atoms with E-state index in [2.05, 4.69) is 56.8 Å². The average molecular weight is 1030 g/mol. The Morgan fingerprint density at radius 1 is 0.787 bits per heavy atom. The highest BCUT2D eigenvalue weighted by atomic mass is 16.5. The lowest BCUT2D eigenvalue weighted by molar-refractivity contribution is -0.139. The van der Waals surface area contributed by atoms with E-state index in [1.165, 1.54) is 18.3 Å². The molecule has 0 aliphatic carbocycles. The highest BCUT2D eigenvalue weighted by molar-refractivity contribution is 5.97. The molecule has 1 fully saturated rings. The fourth-order valence-corrected chi connectivity index (χ4v) is 7.90. The number of nitrogens with one attached hydrogen (secondary N) is 7. The number of fused-ring (bicyclic) bond motifs is 1. The quantitative estimate of drug-likeness (QED) is 0.0372. The van der Waals surface area contributed by atoms with Crippen molar-refractivity contribution in [1.29, 1.82) is 0 Å². The molecule has 0 unspecified atom stereocenters. The van der Waals surface area contributed by atoms with Crippen LogP contribution >= 0.6 is 0 Å². The third-order valence-corrected chi connectivity index (χ3v) is 11.8. The molecule has 10 N–H and O–H groups in total. The van der Waals surface area contributed by atoms with E-state index in [0.29, 0.717) is 40.6 Å². The lowest BCUT2D eigenvalue weighted by Gasteiger charge is -2.24. The van der Waals surface area contributed by atoms with Crippen LogP contribution in [0.15, 0.2) is 108 Å². The molecular weight excluding hydrogens is 971 g/mol. The number of aromatic amines is 1. The third-order valence-electron chi connectivity index (χ3n) is 11.8. The van der Waals surface area contributed by atoms with Gasteiger partial charge in [0.25, 0.3) is 17.4 Å². The minimum absolute atomic E-state index is 0.0340. The summed E-state index contributed by atoms with van der Waals surface area (Å²) < 4.78 is 11.5. The maximum atomic E-state index is 13.0. The second-order valence-electron chi connectivity index (χ2n) is 17.2. The summed E-state index contributed by atoms with van der Waals surface area (Å²) in [6.07, 6.45) is 5.10. The number of rotatable bonds is 25. The monoisotopic (exact) mass is 1030 g/mol. The Kier molecular flexibility index (Phi) is 18.3. The molecule has 1 saturated heterocycles. The Morgan fingerprint density at radius 3 is 2.16 bits per heavy atom. The summed E-state index contributed by atoms with van der Waals surface area (Å²) in [6, 6.07) is 21.3. The Hall–Kier alpha value is -9.48. The fourth-order valence-electron chi connectivity index (χ4n) is 7.90. The lowest BCUT2D eigenvalue weighted by Crippen LogP contribution is -2.42. The first-order valence-corrected chi connectivity index (χ1v) is 23.8. The number of carbonyl (C=O) groups excluding carboxylic acids is 6. The first-order valence-electron chi connectivity index (χ1n) is 23.8. The Morgan fingerprint density at radius 2 is 1.47 bits per heavy atom. The average Bonchev–Trinajstić information content (AvgIpc) is 3.71. The van der Waals surface area contributed by atoms with E-state index in [4.69, 9.17) is 15.2 Å². The van der Waals surface area contributed by atoms with Crippen LogP contribution in [0.1, 0.15) is 70.1 Å². The number of aromatic nitrogens is 5. The van der Waals surface area contributed by atoms with Crippen molar-refractivity contribution in [3.63, 3.8) is 0 Å². The van der Waals surface area contributed by atoms with Crippen molar-refractivity contribution in [2.45, 2.75) is 50.7 Å². The van der Waals surface area contributed by atoms with Crippen LogP contribution in [0.5, 0.6) is 11.5 Å². The molecule has 3 aromatic heterocycles. The first kappa shape index (κ1) is 53.3. The highest BCUT2D eigenvalue weighted by Crippen LogP contribution is 2.36. The molecule has 3 aromatic carbocycles. The summed E-state index contributed by atoms with van der Waals surface area (Å²) in [5.74, 6) is -2.87. The van der Waals surface area contributed by atoms with Gasteiger partial charge < -0.3 is 57.1 Å². The largest absolute Gasteiger partial charge is 0.494 e. The molecule has 0 radical (unpaired) electrons. The summed E-state index contributed by atoms with van der Waals surface area (Å²) in [6.45, 7) is 1.09. The number of benzene rings is 3. The van der Waals surface area contributed by atoms with Crippen molar-refractivity contribution in [2.24, 2.45) is 5.92 Å². The number of nitrogens with zero attached hydrogens (tertiary/aromatic N) is 5. The van der Waals surface area contributed by atoms with Crippen molar-refractivity contribution < 1.29 is 48.1 Å². The van der Waals surface area contributed by atoms with Gasteiger partial charge in [-0.3, -0.25) is 43.5 Å². The minimum Gasteiger partial charge on any atom is -0.494 e. The van der Waals surface area contributed by atoms with Crippen molar-refractivity contribution in [2.75, 3.05) is 56.3 Å². The van der Waals surface area contributed by atoms with Gasteiger partial charge in [-0.25, -0.2) is 14.8 Å². The SMILES string of the molecule is CN1C(=O)C[C@H](C(=O)NCCOc2ccc(OCCCC(=O)Nc3ccc(C(=O)NCCNC(=O)CC[C@H](NC(=O)c4ccc(NCc5cnc6nc(N)[nH]c(=O)c6n5)cc4)C(=O)O)cc3)cc2)[C@H]1c1cccnc1. The first-order chi connectivity index (χ1) is 36.2. The number of likely N-dealkylation sites (tertiary alicyclic amines) is 1. The van der Waals surface area contributed by atoms with E-state index in [1.54, 1.807) is 91.1 Å².